The molecule has 2 N–H and O–H groups in total. The van der Waals surface area contributed by atoms with E-state index in [-0.39, 0.29) is 16.9 Å². The maximum Gasteiger partial charge on any atom is 0.417 e. The van der Waals surface area contributed by atoms with E-state index in [9.17, 15) is 22.8 Å². The molecule has 0 aliphatic carbocycles. The Morgan fingerprint density at radius 1 is 1.15 bits per heavy atom. The summed E-state index contributed by atoms with van der Waals surface area (Å²) < 4.78 is 38.6. The van der Waals surface area contributed by atoms with Gasteiger partial charge in [-0.15, -0.1) is 0 Å². The summed E-state index contributed by atoms with van der Waals surface area (Å²) in [5.41, 5.74) is -0.991. The molecular weight excluding hydrogens is 371 g/mol. The summed E-state index contributed by atoms with van der Waals surface area (Å²) in [6.07, 6.45) is -2.62. The lowest BCUT2D eigenvalue weighted by Gasteiger charge is -2.12. The number of alkyl halides is 3. The Labute approximate surface area is 152 Å². The van der Waals surface area contributed by atoms with Crippen LogP contribution in [-0.4, -0.2) is 23.3 Å². The quantitative estimate of drug-likeness (QED) is 0.812. The molecule has 5 nitrogen and oxygen atoms in total. The second kappa shape index (κ2) is 8.18. The van der Waals surface area contributed by atoms with Gasteiger partial charge in [-0.3, -0.25) is 14.6 Å². The molecule has 0 aliphatic rings. The first-order chi connectivity index (χ1) is 12.2. The molecule has 1 aromatic carbocycles. The highest BCUT2D eigenvalue weighted by Gasteiger charge is 2.33. The van der Waals surface area contributed by atoms with Gasteiger partial charge in [-0.05, 0) is 36.8 Å². The van der Waals surface area contributed by atoms with E-state index in [0.717, 1.165) is 18.6 Å². The van der Waals surface area contributed by atoms with Gasteiger partial charge in [0.05, 0.1) is 10.6 Å². The molecule has 0 saturated heterocycles. The first-order valence-corrected chi connectivity index (χ1v) is 8.02. The first-order valence-electron chi connectivity index (χ1n) is 7.64. The van der Waals surface area contributed by atoms with Gasteiger partial charge >= 0.3 is 6.18 Å². The Kier molecular flexibility index (Phi) is 6.20. The minimum absolute atomic E-state index is 0.0400. The van der Waals surface area contributed by atoms with E-state index >= 15 is 0 Å². The van der Waals surface area contributed by atoms with Crippen LogP contribution in [0, 0.1) is 0 Å². The number of hydrogen-bond donors (Lipinski definition) is 2. The van der Waals surface area contributed by atoms with E-state index in [4.69, 9.17) is 11.6 Å². The van der Waals surface area contributed by atoms with Crippen LogP contribution in [0.1, 0.15) is 39.8 Å². The smallest absolute Gasteiger partial charge is 0.351 e. The molecule has 2 amide bonds. The zero-order valence-electron chi connectivity index (χ0n) is 13.7. The lowest BCUT2D eigenvalue weighted by molar-refractivity contribution is -0.137. The third-order valence-corrected chi connectivity index (χ3v) is 3.65. The predicted octanol–water partition coefficient (Wildman–Crippen LogP) is 4.15. The zero-order valence-corrected chi connectivity index (χ0v) is 14.4. The van der Waals surface area contributed by atoms with Crippen LogP contribution in [0.2, 0.25) is 5.02 Å². The lowest BCUT2D eigenvalue weighted by atomic mass is 10.1. The number of rotatable bonds is 5. The fourth-order valence-electron chi connectivity index (χ4n) is 2.05. The van der Waals surface area contributed by atoms with Crippen molar-refractivity contribution >= 4 is 29.1 Å². The van der Waals surface area contributed by atoms with E-state index in [1.165, 1.54) is 24.4 Å². The minimum Gasteiger partial charge on any atom is -0.351 e. The summed E-state index contributed by atoms with van der Waals surface area (Å²) >= 11 is 5.55. The fourth-order valence-corrected chi connectivity index (χ4v) is 2.27. The summed E-state index contributed by atoms with van der Waals surface area (Å²) in [5, 5.41) is 4.51. The van der Waals surface area contributed by atoms with Crippen LogP contribution in [0.25, 0.3) is 0 Å². The third kappa shape index (κ3) is 4.95. The van der Waals surface area contributed by atoms with Crippen LogP contribution in [-0.2, 0) is 6.18 Å². The molecule has 26 heavy (non-hydrogen) atoms. The van der Waals surface area contributed by atoms with Gasteiger partial charge in [0.25, 0.3) is 11.8 Å². The van der Waals surface area contributed by atoms with E-state index < -0.39 is 28.6 Å². The number of carbonyl (C=O) groups excluding carboxylic acids is 2. The van der Waals surface area contributed by atoms with Gasteiger partial charge in [0, 0.05) is 24.0 Å². The van der Waals surface area contributed by atoms with Crippen molar-refractivity contribution in [2.24, 2.45) is 0 Å². The van der Waals surface area contributed by atoms with Crippen LogP contribution >= 0.6 is 11.6 Å². The van der Waals surface area contributed by atoms with Crippen LogP contribution in [0.4, 0.5) is 18.9 Å². The minimum atomic E-state index is -4.64. The van der Waals surface area contributed by atoms with E-state index in [2.05, 4.69) is 15.6 Å². The maximum atomic E-state index is 12.9. The van der Waals surface area contributed by atoms with Gasteiger partial charge in [0.15, 0.2) is 0 Å². The SMILES string of the molecule is CCCNC(=O)c1cc(C(=O)Nc2ccc(Cl)c(C(F)(F)F)c2)ccn1. The van der Waals surface area contributed by atoms with E-state index in [1.54, 1.807) is 0 Å². The normalized spacial score (nSPS) is 11.1. The number of hydrogen-bond acceptors (Lipinski definition) is 3. The number of benzene rings is 1. The monoisotopic (exact) mass is 385 g/mol. The molecule has 138 valence electrons. The van der Waals surface area contributed by atoms with Gasteiger partial charge in [-0.1, -0.05) is 18.5 Å². The molecule has 2 rings (SSSR count). The van der Waals surface area contributed by atoms with E-state index in [0.29, 0.717) is 6.54 Å². The van der Waals surface area contributed by atoms with Gasteiger partial charge in [0.1, 0.15) is 5.69 Å². The summed E-state index contributed by atoms with van der Waals surface area (Å²) in [6.45, 7) is 2.35. The fraction of sp³-hybridized carbons (Fsp3) is 0.235. The van der Waals surface area contributed by atoms with Gasteiger partial charge in [-0.2, -0.15) is 13.2 Å². The second-order valence-corrected chi connectivity index (χ2v) is 5.74. The average molecular weight is 386 g/mol. The van der Waals surface area contributed by atoms with Crippen molar-refractivity contribution in [1.82, 2.24) is 10.3 Å². The Bertz CT molecular complexity index is 825. The Morgan fingerprint density at radius 3 is 2.54 bits per heavy atom. The van der Waals surface area contributed by atoms with Gasteiger partial charge in [-0.25, -0.2) is 0 Å². The van der Waals surface area contributed by atoms with Gasteiger partial charge < -0.3 is 10.6 Å². The molecule has 0 saturated carbocycles. The second-order valence-electron chi connectivity index (χ2n) is 5.33. The number of nitrogens with zero attached hydrogens (tertiary/aromatic N) is 1. The largest absolute Gasteiger partial charge is 0.417 e. The average Bonchev–Trinajstić information content (AvgIpc) is 2.60. The molecule has 2 aromatic rings. The van der Waals surface area contributed by atoms with Crippen molar-refractivity contribution in [1.29, 1.82) is 0 Å². The molecular formula is C17H15ClF3N3O2. The van der Waals surface area contributed by atoms with Crippen molar-refractivity contribution in [3.63, 3.8) is 0 Å². The molecule has 0 aliphatic heterocycles. The number of carbonyl (C=O) groups is 2. The lowest BCUT2D eigenvalue weighted by Crippen LogP contribution is -2.25. The number of halogens is 4. The van der Waals surface area contributed by atoms with Crippen LogP contribution < -0.4 is 10.6 Å². The highest BCUT2D eigenvalue weighted by atomic mass is 35.5. The zero-order chi connectivity index (χ0) is 19.3. The van der Waals surface area contributed by atoms with Crippen molar-refractivity contribution in [3.05, 3.63) is 58.4 Å². The van der Waals surface area contributed by atoms with Crippen LogP contribution in [0.3, 0.4) is 0 Å². The van der Waals surface area contributed by atoms with Gasteiger partial charge in [0.2, 0.25) is 0 Å². The Balaban J connectivity index is 2.19. The predicted molar refractivity (Wildman–Crippen MR) is 91.3 cm³/mol. The number of anilines is 1. The first kappa shape index (κ1) is 19.7. The summed E-state index contributed by atoms with van der Waals surface area (Å²) in [5.74, 6) is -1.11. The van der Waals surface area contributed by atoms with Crippen molar-refractivity contribution in [2.75, 3.05) is 11.9 Å². The molecule has 0 atom stereocenters. The maximum absolute atomic E-state index is 12.9. The molecule has 1 aromatic heterocycles. The molecule has 0 radical (unpaired) electrons. The number of aromatic nitrogens is 1. The summed E-state index contributed by atoms with van der Waals surface area (Å²) in [4.78, 5) is 28.0. The molecule has 0 unspecified atom stereocenters. The van der Waals surface area contributed by atoms with E-state index in [1.807, 2.05) is 6.92 Å². The highest BCUT2D eigenvalue weighted by Crippen LogP contribution is 2.36. The number of nitrogens with one attached hydrogen (secondary N) is 2. The Hall–Kier alpha value is -2.61. The molecule has 0 spiro atoms. The molecule has 9 heteroatoms. The van der Waals surface area contributed by atoms with Crippen molar-refractivity contribution in [2.45, 2.75) is 19.5 Å². The summed E-state index contributed by atoms with van der Waals surface area (Å²) in [7, 11) is 0. The number of amides is 2. The Morgan fingerprint density at radius 2 is 1.88 bits per heavy atom. The highest BCUT2D eigenvalue weighted by molar-refractivity contribution is 6.31. The van der Waals surface area contributed by atoms with Crippen LogP contribution in [0.5, 0.6) is 0 Å². The van der Waals surface area contributed by atoms with Crippen molar-refractivity contribution < 1.29 is 22.8 Å². The molecule has 0 bridgehead atoms. The standard InChI is InChI=1S/C17H15ClF3N3O2/c1-2-6-23-16(26)14-8-10(5-7-22-14)15(25)24-11-3-4-13(18)12(9-11)17(19,20)21/h3-5,7-9H,2,6H2,1H3,(H,23,26)(H,24,25). The molecule has 0 fully saturated rings. The van der Waals surface area contributed by atoms with Crippen molar-refractivity contribution in [3.8, 4) is 0 Å². The topological polar surface area (TPSA) is 71.1 Å². The van der Waals surface area contributed by atoms with Crippen LogP contribution in [0.15, 0.2) is 36.5 Å². The summed E-state index contributed by atoms with van der Waals surface area (Å²) in [6, 6.07) is 5.67. The number of pyridine rings is 1. The molecule has 1 heterocycles. The third-order valence-electron chi connectivity index (χ3n) is 3.32.